The summed E-state index contributed by atoms with van der Waals surface area (Å²) in [7, 11) is 1.72. The van der Waals surface area contributed by atoms with E-state index in [1.54, 1.807) is 11.9 Å². The van der Waals surface area contributed by atoms with Gasteiger partial charge in [0, 0.05) is 13.1 Å². The first-order valence-electron chi connectivity index (χ1n) is 10.9. The highest BCUT2D eigenvalue weighted by Crippen LogP contribution is 2.58. The third kappa shape index (κ3) is 2.47. The zero-order valence-electron chi connectivity index (χ0n) is 16.3. The molecule has 1 spiro atoms. The Morgan fingerprint density at radius 1 is 1.04 bits per heavy atom. The van der Waals surface area contributed by atoms with Crippen LogP contribution in [0.15, 0.2) is 0 Å². The van der Waals surface area contributed by atoms with E-state index in [0.717, 1.165) is 56.3 Å². The quantitative estimate of drug-likeness (QED) is 0.773. The van der Waals surface area contributed by atoms with Crippen LogP contribution in [0, 0.1) is 23.7 Å². The van der Waals surface area contributed by atoms with E-state index < -0.39 is 5.54 Å². The van der Waals surface area contributed by atoms with Gasteiger partial charge < -0.3 is 10.2 Å². The van der Waals surface area contributed by atoms with Gasteiger partial charge in [-0.1, -0.05) is 25.7 Å². The minimum Gasteiger partial charge on any atom is -0.352 e. The molecule has 0 aromatic rings. The number of carbonyl (C=O) groups excluding carboxylic acids is 3. The highest BCUT2D eigenvalue weighted by atomic mass is 16.2. The maximum Gasteiger partial charge on any atom is 0.327 e. The van der Waals surface area contributed by atoms with E-state index >= 15 is 0 Å². The Hall–Kier alpha value is -1.59. The van der Waals surface area contributed by atoms with Gasteiger partial charge in [-0.25, -0.2) is 4.79 Å². The molecule has 0 aromatic carbocycles. The Morgan fingerprint density at radius 2 is 1.78 bits per heavy atom. The number of fused-ring (bicyclic) bond motifs is 5. The molecule has 4 amide bonds. The van der Waals surface area contributed by atoms with E-state index in [4.69, 9.17) is 0 Å². The van der Waals surface area contributed by atoms with Crippen molar-refractivity contribution in [1.29, 1.82) is 0 Å². The van der Waals surface area contributed by atoms with Crippen LogP contribution in [0.3, 0.4) is 0 Å². The lowest BCUT2D eigenvalue weighted by atomic mass is 9.79. The summed E-state index contributed by atoms with van der Waals surface area (Å²) in [5.41, 5.74) is -0.695. The molecule has 27 heavy (non-hydrogen) atoms. The van der Waals surface area contributed by atoms with Crippen LogP contribution in [0.5, 0.6) is 0 Å². The summed E-state index contributed by atoms with van der Waals surface area (Å²) in [6.45, 7) is -0.119. The highest BCUT2D eigenvalue weighted by Gasteiger charge is 2.57. The number of urea groups is 1. The summed E-state index contributed by atoms with van der Waals surface area (Å²) >= 11 is 0. The smallest absolute Gasteiger partial charge is 0.327 e. The largest absolute Gasteiger partial charge is 0.352 e. The van der Waals surface area contributed by atoms with E-state index in [9.17, 15) is 14.4 Å². The molecule has 5 aliphatic rings. The predicted octanol–water partition coefficient (Wildman–Crippen LogP) is 2.52. The average molecular weight is 373 g/mol. The molecule has 5 unspecified atom stereocenters. The van der Waals surface area contributed by atoms with E-state index in [2.05, 4.69) is 5.32 Å². The molecule has 1 N–H and O–H groups in total. The van der Waals surface area contributed by atoms with Gasteiger partial charge in [-0.15, -0.1) is 0 Å². The first-order chi connectivity index (χ1) is 13.0. The number of carbonyl (C=O) groups is 3. The molecule has 4 saturated carbocycles. The van der Waals surface area contributed by atoms with Crippen LogP contribution in [0.4, 0.5) is 4.79 Å². The van der Waals surface area contributed by atoms with Crippen molar-refractivity contribution in [2.75, 3.05) is 13.6 Å². The highest BCUT2D eigenvalue weighted by molar-refractivity contribution is 6.08. The van der Waals surface area contributed by atoms with Crippen LogP contribution < -0.4 is 5.32 Å². The van der Waals surface area contributed by atoms with Crippen LogP contribution in [0.25, 0.3) is 0 Å². The van der Waals surface area contributed by atoms with Crippen LogP contribution in [-0.2, 0) is 9.59 Å². The molecule has 6 nitrogen and oxygen atoms in total. The fourth-order valence-electron chi connectivity index (χ4n) is 7.30. The van der Waals surface area contributed by atoms with Gasteiger partial charge >= 0.3 is 6.03 Å². The lowest BCUT2D eigenvalue weighted by molar-refractivity contribution is -0.137. The number of nitrogens with zero attached hydrogens (tertiary/aromatic N) is 2. The molecule has 1 saturated heterocycles. The van der Waals surface area contributed by atoms with E-state index in [-0.39, 0.29) is 30.4 Å². The van der Waals surface area contributed by atoms with Crippen LogP contribution in [0.1, 0.15) is 64.2 Å². The fourth-order valence-corrected chi connectivity index (χ4v) is 7.30. The molecule has 5 rings (SSSR count). The van der Waals surface area contributed by atoms with Crippen molar-refractivity contribution < 1.29 is 14.4 Å². The first-order valence-corrected chi connectivity index (χ1v) is 10.9. The Labute approximate surface area is 161 Å². The van der Waals surface area contributed by atoms with Crippen LogP contribution in [0.2, 0.25) is 0 Å². The number of likely N-dealkylation sites (N-methyl/N-ethyl adjacent to an activating group) is 1. The summed E-state index contributed by atoms with van der Waals surface area (Å²) < 4.78 is 0. The molecule has 4 aliphatic carbocycles. The summed E-state index contributed by atoms with van der Waals surface area (Å²) in [5.74, 6) is 2.76. The molecular formula is C21H31N3O3. The zero-order chi connectivity index (χ0) is 18.8. The summed E-state index contributed by atoms with van der Waals surface area (Å²) in [4.78, 5) is 41.2. The Morgan fingerprint density at radius 3 is 2.56 bits per heavy atom. The van der Waals surface area contributed by atoms with Gasteiger partial charge in [0.15, 0.2) is 0 Å². The van der Waals surface area contributed by atoms with Crippen molar-refractivity contribution in [3.63, 3.8) is 0 Å². The SMILES string of the molecule is CN1C(=O)N(CC(=O)NC2CC3CC2C2CCCC32)C(=O)C12CCCCC2. The third-order valence-corrected chi connectivity index (χ3v) is 8.56. The number of amides is 4. The molecule has 0 radical (unpaired) electrons. The fraction of sp³-hybridized carbons (Fsp3) is 0.857. The van der Waals surface area contributed by atoms with Gasteiger partial charge in [-0.2, -0.15) is 0 Å². The molecule has 148 valence electrons. The molecule has 2 bridgehead atoms. The molecule has 6 heteroatoms. The van der Waals surface area contributed by atoms with Gasteiger partial charge in [-0.05, 0) is 62.2 Å². The monoisotopic (exact) mass is 373 g/mol. The van der Waals surface area contributed by atoms with Gasteiger partial charge in [-0.3, -0.25) is 14.5 Å². The minimum atomic E-state index is -0.695. The average Bonchev–Trinajstić information content (AvgIpc) is 3.40. The number of rotatable bonds is 3. The van der Waals surface area contributed by atoms with Crippen LogP contribution >= 0.6 is 0 Å². The molecule has 5 atom stereocenters. The predicted molar refractivity (Wildman–Crippen MR) is 99.7 cm³/mol. The van der Waals surface area contributed by atoms with Crippen molar-refractivity contribution in [2.45, 2.75) is 75.8 Å². The maximum absolute atomic E-state index is 13.0. The van der Waals surface area contributed by atoms with E-state index in [1.807, 2.05) is 0 Å². The maximum atomic E-state index is 13.0. The lowest BCUT2D eigenvalue weighted by Crippen LogP contribution is -2.50. The standard InChI is InChI=1S/C21H31N3O3/c1-23-20(27)24(19(26)21(23)8-3-2-4-9-21)12-18(25)22-17-11-13-10-16(17)15-7-5-6-14(13)15/h13-17H,2-12H2,1H3,(H,22,25). The molecule has 0 aromatic heterocycles. The molecule has 1 aliphatic heterocycles. The van der Waals surface area contributed by atoms with Gasteiger partial charge in [0.2, 0.25) is 5.91 Å². The Bertz CT molecular complexity index is 672. The number of nitrogens with one attached hydrogen (secondary N) is 1. The number of hydrogen-bond acceptors (Lipinski definition) is 3. The van der Waals surface area contributed by atoms with Gasteiger partial charge in [0.25, 0.3) is 5.91 Å². The van der Waals surface area contributed by atoms with Crippen molar-refractivity contribution >= 4 is 17.8 Å². The van der Waals surface area contributed by atoms with Crippen LogP contribution in [-0.4, -0.2) is 52.8 Å². The second-order valence-corrected chi connectivity index (χ2v) is 9.65. The number of hydrogen-bond donors (Lipinski definition) is 1. The number of imide groups is 1. The van der Waals surface area contributed by atoms with Gasteiger partial charge in [0.05, 0.1) is 0 Å². The van der Waals surface area contributed by atoms with E-state index in [0.29, 0.717) is 5.92 Å². The summed E-state index contributed by atoms with van der Waals surface area (Å²) in [6, 6.07) is -0.0584. The second kappa shape index (κ2) is 6.21. The summed E-state index contributed by atoms with van der Waals surface area (Å²) in [5, 5.41) is 3.19. The summed E-state index contributed by atoms with van der Waals surface area (Å²) in [6.07, 6.45) is 10.9. The zero-order valence-corrected chi connectivity index (χ0v) is 16.3. The van der Waals surface area contributed by atoms with Gasteiger partial charge in [0.1, 0.15) is 12.1 Å². The van der Waals surface area contributed by atoms with Crippen molar-refractivity contribution in [3.05, 3.63) is 0 Å². The van der Waals surface area contributed by atoms with Crippen molar-refractivity contribution in [1.82, 2.24) is 15.1 Å². The van der Waals surface area contributed by atoms with Crippen molar-refractivity contribution in [2.24, 2.45) is 23.7 Å². The Balaban J connectivity index is 1.24. The molecular weight excluding hydrogens is 342 g/mol. The Kier molecular flexibility index (Phi) is 4.03. The molecule has 5 fully saturated rings. The topological polar surface area (TPSA) is 69.7 Å². The van der Waals surface area contributed by atoms with Crippen molar-refractivity contribution in [3.8, 4) is 0 Å². The normalized spacial score (nSPS) is 39.5. The third-order valence-electron chi connectivity index (χ3n) is 8.56. The lowest BCUT2D eigenvalue weighted by Gasteiger charge is -2.35. The molecule has 1 heterocycles. The minimum absolute atomic E-state index is 0.119. The van der Waals surface area contributed by atoms with E-state index in [1.165, 1.54) is 30.6 Å². The second-order valence-electron chi connectivity index (χ2n) is 9.65. The first kappa shape index (κ1) is 17.5.